The summed E-state index contributed by atoms with van der Waals surface area (Å²) in [5, 5.41) is 12.8. The fraction of sp³-hybridized carbons (Fsp3) is 0.381. The summed E-state index contributed by atoms with van der Waals surface area (Å²) in [5.41, 5.74) is 5.58. The topological polar surface area (TPSA) is 147 Å². The van der Waals surface area contributed by atoms with E-state index in [1.165, 1.54) is 35.9 Å². The second-order valence-electron chi connectivity index (χ2n) is 7.78. The van der Waals surface area contributed by atoms with Crippen LogP contribution in [-0.4, -0.2) is 45.5 Å². The molecule has 0 bridgehead atoms. The van der Waals surface area contributed by atoms with Crippen molar-refractivity contribution < 1.29 is 37.4 Å². The van der Waals surface area contributed by atoms with Crippen molar-refractivity contribution in [2.75, 3.05) is 12.3 Å². The Hall–Kier alpha value is -2.83. The van der Waals surface area contributed by atoms with Crippen molar-refractivity contribution >= 4 is 31.8 Å². The number of ether oxygens (including phenoxy) is 2. The average Bonchev–Trinajstić information content (AvgIpc) is 3.06. The van der Waals surface area contributed by atoms with E-state index in [2.05, 4.69) is 10.1 Å². The monoisotopic (exact) mass is 528 g/mol. The molecular weight excluding hydrogens is 502 g/mol. The van der Waals surface area contributed by atoms with Crippen molar-refractivity contribution in [3.8, 4) is 5.75 Å². The molecule has 35 heavy (non-hydrogen) atoms. The van der Waals surface area contributed by atoms with E-state index in [-0.39, 0.29) is 16.3 Å². The third-order valence-electron chi connectivity index (χ3n) is 4.58. The van der Waals surface area contributed by atoms with Crippen molar-refractivity contribution in [3.05, 3.63) is 59.0 Å². The lowest BCUT2D eigenvalue weighted by Gasteiger charge is -2.23. The number of aliphatic hydroxyl groups is 1. The van der Waals surface area contributed by atoms with Gasteiger partial charge in [0.1, 0.15) is 24.2 Å². The van der Waals surface area contributed by atoms with Crippen LogP contribution in [0.3, 0.4) is 0 Å². The van der Waals surface area contributed by atoms with Gasteiger partial charge in [-0.25, -0.2) is 13.9 Å². The first-order valence-corrected chi connectivity index (χ1v) is 12.5. The minimum atomic E-state index is -4.27. The van der Waals surface area contributed by atoms with Crippen LogP contribution >= 0.6 is 20.0 Å². The molecule has 2 heterocycles. The molecule has 2 aromatic rings. The van der Waals surface area contributed by atoms with E-state index in [0.29, 0.717) is 0 Å². The predicted molar refractivity (Wildman–Crippen MR) is 126 cm³/mol. The Bertz CT molecular complexity index is 1190. The number of hydrogen-bond acceptors (Lipinski definition) is 10. The number of anilines is 1. The van der Waals surface area contributed by atoms with Gasteiger partial charge in [-0.05, 0) is 51.2 Å². The first-order chi connectivity index (χ1) is 16.5. The molecule has 3 rings (SSSR count). The van der Waals surface area contributed by atoms with Gasteiger partial charge in [0.2, 0.25) is 11.0 Å². The molecule has 1 aromatic heterocycles. The fourth-order valence-electron chi connectivity index (χ4n) is 2.97. The maximum Gasteiger partial charge on any atom is 0.459 e. The van der Waals surface area contributed by atoms with Gasteiger partial charge in [0.05, 0.1) is 6.10 Å². The van der Waals surface area contributed by atoms with Crippen LogP contribution in [0.1, 0.15) is 27.0 Å². The Morgan fingerprint density at radius 2 is 2.03 bits per heavy atom. The van der Waals surface area contributed by atoms with Gasteiger partial charge in [-0.15, -0.1) is 0 Å². The van der Waals surface area contributed by atoms with E-state index in [0.717, 1.165) is 0 Å². The van der Waals surface area contributed by atoms with Crippen molar-refractivity contribution in [1.82, 2.24) is 14.6 Å². The molecule has 2 unspecified atom stereocenters. The first-order valence-electron chi connectivity index (χ1n) is 10.5. The maximum atomic E-state index is 14.8. The summed E-state index contributed by atoms with van der Waals surface area (Å²) in [6, 6.07) is 8.37. The number of hydrogen-bond donors (Lipinski definition) is 3. The quantitative estimate of drug-likeness (QED) is 0.237. The van der Waals surface area contributed by atoms with E-state index in [1.807, 2.05) is 0 Å². The summed E-state index contributed by atoms with van der Waals surface area (Å²) < 4.78 is 51.0. The lowest BCUT2D eigenvalue weighted by Crippen LogP contribution is -2.36. The zero-order valence-corrected chi connectivity index (χ0v) is 20.9. The van der Waals surface area contributed by atoms with Crippen molar-refractivity contribution in [3.63, 3.8) is 0 Å². The number of nitrogens with zero attached hydrogens (tertiary/aromatic N) is 2. The van der Waals surface area contributed by atoms with E-state index < -0.39 is 56.4 Å². The molecule has 0 radical (unpaired) electrons. The Labute approximate surface area is 206 Å². The summed E-state index contributed by atoms with van der Waals surface area (Å²) in [4.78, 5) is 16.1. The highest BCUT2D eigenvalue weighted by atomic mass is 32.1. The molecule has 0 aliphatic carbocycles. The molecule has 1 aromatic carbocycles. The molecule has 1 aliphatic heterocycles. The summed E-state index contributed by atoms with van der Waals surface area (Å²) in [7, 11) is -4.27. The summed E-state index contributed by atoms with van der Waals surface area (Å²) in [6.07, 6.45) is -2.02. The lowest BCUT2D eigenvalue weighted by molar-refractivity contribution is -0.149. The number of nitrogen functional groups attached to an aromatic ring is 1. The third kappa shape index (κ3) is 6.86. The minimum absolute atomic E-state index is 0.0405. The van der Waals surface area contributed by atoms with Crippen LogP contribution < -0.4 is 15.3 Å². The molecule has 1 aliphatic rings. The summed E-state index contributed by atoms with van der Waals surface area (Å²) >= 11 is 5.09. The van der Waals surface area contributed by atoms with Gasteiger partial charge in [0.25, 0.3) is 0 Å². The largest absolute Gasteiger partial charge is 0.466 e. The molecule has 0 saturated heterocycles. The first kappa shape index (κ1) is 26.8. The molecule has 0 fully saturated rings. The Morgan fingerprint density at radius 1 is 1.34 bits per heavy atom. The normalized spacial score (nSPS) is 20.3. The van der Waals surface area contributed by atoms with Crippen molar-refractivity contribution in [2.24, 2.45) is 0 Å². The van der Waals surface area contributed by atoms with Gasteiger partial charge in [-0.3, -0.25) is 13.9 Å². The molecule has 0 spiro atoms. The van der Waals surface area contributed by atoms with E-state index in [9.17, 15) is 18.9 Å². The molecule has 4 atom stereocenters. The van der Waals surface area contributed by atoms with Gasteiger partial charge in [0, 0.05) is 6.20 Å². The van der Waals surface area contributed by atoms with Crippen LogP contribution in [0.25, 0.3) is 0 Å². The predicted octanol–water partition coefficient (Wildman–Crippen LogP) is 3.40. The van der Waals surface area contributed by atoms with Gasteiger partial charge in [-0.2, -0.15) is 5.09 Å². The fourth-order valence-corrected chi connectivity index (χ4v) is 4.68. The SMILES string of the molecule is CC(C)OC(=O)[C@H](C)NP(=O)(OCC1=C(F)C(O)[C@H](n2ccc(N)nc2=S)O1)Oc1ccccc1. The molecule has 11 nitrogen and oxygen atoms in total. The Morgan fingerprint density at radius 3 is 2.66 bits per heavy atom. The highest BCUT2D eigenvalue weighted by Gasteiger charge is 2.40. The minimum Gasteiger partial charge on any atom is -0.466 e. The summed E-state index contributed by atoms with van der Waals surface area (Å²) in [6.45, 7) is 4.05. The Balaban J connectivity index is 1.77. The number of rotatable bonds is 10. The number of para-hydroxylation sites is 1. The second-order valence-corrected chi connectivity index (χ2v) is 9.84. The van der Waals surface area contributed by atoms with Crippen LogP contribution in [0.2, 0.25) is 0 Å². The number of aliphatic hydroxyl groups excluding tert-OH is 1. The number of nitrogens with two attached hydrogens (primary N) is 1. The van der Waals surface area contributed by atoms with E-state index in [1.54, 1.807) is 32.0 Å². The molecule has 190 valence electrons. The molecular formula is C21H26FN4O7PS. The Kier molecular flexibility index (Phi) is 8.62. The second kappa shape index (κ2) is 11.3. The highest BCUT2D eigenvalue weighted by Crippen LogP contribution is 2.46. The standard InChI is InChI=1S/C21H26FN4O7PS/c1-12(2)31-20(28)13(3)25-34(29,33-14-7-5-4-6-8-14)30-11-15-17(22)18(27)19(32-15)26-10-9-16(23)24-21(26)35/h4-10,12-13,18-19,27H,11H2,1-3H3,(H,25,29)(H2,23,24,35)/t13-,18?,19+,34?/m0/s1. The molecule has 0 saturated carbocycles. The number of carbonyl (C=O) groups is 1. The van der Waals surface area contributed by atoms with Gasteiger partial charge in [-0.1, -0.05) is 18.2 Å². The molecule has 0 amide bonds. The molecule has 4 N–H and O–H groups in total. The van der Waals surface area contributed by atoms with Gasteiger partial charge in [0.15, 0.2) is 17.7 Å². The zero-order chi connectivity index (χ0) is 25.8. The number of nitrogens with one attached hydrogen (secondary N) is 1. The smallest absolute Gasteiger partial charge is 0.459 e. The number of aromatic nitrogens is 2. The highest BCUT2D eigenvalue weighted by molar-refractivity contribution is 7.71. The van der Waals surface area contributed by atoms with Crippen molar-refractivity contribution in [2.45, 2.75) is 45.2 Å². The van der Waals surface area contributed by atoms with Crippen LogP contribution in [0.4, 0.5) is 10.2 Å². The van der Waals surface area contributed by atoms with E-state index >= 15 is 0 Å². The molecule has 14 heteroatoms. The van der Waals surface area contributed by atoms with Crippen molar-refractivity contribution in [1.29, 1.82) is 0 Å². The number of benzene rings is 1. The van der Waals surface area contributed by atoms with E-state index in [4.69, 9.17) is 36.5 Å². The van der Waals surface area contributed by atoms with Crippen LogP contribution in [-0.2, 0) is 23.4 Å². The van der Waals surface area contributed by atoms with Gasteiger partial charge < -0.3 is 24.8 Å². The van der Waals surface area contributed by atoms with Gasteiger partial charge >= 0.3 is 13.7 Å². The number of halogens is 1. The van der Waals surface area contributed by atoms with Crippen LogP contribution in [0, 0.1) is 4.77 Å². The van der Waals surface area contributed by atoms with Crippen LogP contribution in [0.15, 0.2) is 54.2 Å². The zero-order valence-electron chi connectivity index (χ0n) is 19.2. The third-order valence-corrected chi connectivity index (χ3v) is 6.50. The maximum absolute atomic E-state index is 14.8. The van der Waals surface area contributed by atoms with Crippen LogP contribution in [0.5, 0.6) is 5.75 Å². The summed E-state index contributed by atoms with van der Waals surface area (Å²) in [5.74, 6) is -1.86. The number of carbonyl (C=O) groups excluding carboxylic acids is 1. The average molecular weight is 528 g/mol. The lowest BCUT2D eigenvalue weighted by atomic mass is 10.3. The number of esters is 1.